The van der Waals surface area contributed by atoms with Crippen molar-refractivity contribution in [3.63, 3.8) is 0 Å². The number of hydrogen-bond acceptors (Lipinski definition) is 4. The highest BCUT2D eigenvalue weighted by atomic mass is 32.1. The molecule has 4 nitrogen and oxygen atoms in total. The van der Waals surface area contributed by atoms with Crippen molar-refractivity contribution in [2.24, 2.45) is 0 Å². The van der Waals surface area contributed by atoms with Gasteiger partial charge in [-0.2, -0.15) is 0 Å². The molecule has 22 heavy (non-hydrogen) atoms. The van der Waals surface area contributed by atoms with Crippen molar-refractivity contribution in [2.75, 3.05) is 0 Å². The van der Waals surface area contributed by atoms with Gasteiger partial charge in [-0.15, -0.1) is 11.3 Å². The lowest BCUT2D eigenvalue weighted by Crippen LogP contribution is -2.45. The first-order valence-electron chi connectivity index (χ1n) is 7.25. The average molecular weight is 315 g/mol. The Morgan fingerprint density at radius 1 is 1.36 bits per heavy atom. The molecule has 0 spiro atoms. The van der Waals surface area contributed by atoms with Crippen LogP contribution in [0.5, 0.6) is 0 Å². The van der Waals surface area contributed by atoms with E-state index in [1.807, 2.05) is 36.6 Å². The SMILES string of the molecule is CC(Cc1cccs1)NC(=O)C1Cc2ccccc2C(=O)O1. The van der Waals surface area contributed by atoms with Gasteiger partial charge in [0.1, 0.15) is 0 Å². The Balaban J connectivity index is 1.62. The fourth-order valence-electron chi connectivity index (χ4n) is 2.60. The summed E-state index contributed by atoms with van der Waals surface area (Å²) in [5.41, 5.74) is 1.42. The summed E-state index contributed by atoms with van der Waals surface area (Å²) in [4.78, 5) is 25.5. The fraction of sp³-hybridized carbons (Fsp3) is 0.294. The van der Waals surface area contributed by atoms with Gasteiger partial charge in [0.05, 0.1) is 5.56 Å². The lowest BCUT2D eigenvalue weighted by molar-refractivity contribution is -0.130. The van der Waals surface area contributed by atoms with Crippen LogP contribution in [-0.4, -0.2) is 24.0 Å². The van der Waals surface area contributed by atoms with E-state index < -0.39 is 12.1 Å². The predicted octanol–water partition coefficient (Wildman–Crippen LogP) is 2.58. The number of carbonyl (C=O) groups excluding carboxylic acids is 2. The van der Waals surface area contributed by atoms with E-state index >= 15 is 0 Å². The molecule has 0 radical (unpaired) electrons. The van der Waals surface area contributed by atoms with Crippen LogP contribution in [-0.2, 0) is 22.4 Å². The van der Waals surface area contributed by atoms with Crippen molar-refractivity contribution in [3.05, 3.63) is 57.8 Å². The molecule has 0 bridgehead atoms. The third-order valence-corrected chi connectivity index (χ3v) is 4.56. The first-order chi connectivity index (χ1) is 10.6. The molecule has 1 amide bonds. The molecule has 1 aromatic carbocycles. The number of nitrogens with one attached hydrogen (secondary N) is 1. The number of carbonyl (C=O) groups is 2. The molecule has 5 heteroatoms. The topological polar surface area (TPSA) is 55.4 Å². The van der Waals surface area contributed by atoms with Crippen molar-refractivity contribution < 1.29 is 14.3 Å². The maximum absolute atomic E-state index is 12.3. The molecule has 1 aliphatic heterocycles. The zero-order valence-corrected chi connectivity index (χ0v) is 13.1. The summed E-state index contributed by atoms with van der Waals surface area (Å²) >= 11 is 1.67. The second kappa shape index (κ2) is 6.32. The van der Waals surface area contributed by atoms with Gasteiger partial charge in [-0.1, -0.05) is 24.3 Å². The largest absolute Gasteiger partial charge is 0.448 e. The van der Waals surface area contributed by atoms with Crippen molar-refractivity contribution in [1.29, 1.82) is 0 Å². The highest BCUT2D eigenvalue weighted by molar-refractivity contribution is 7.09. The monoisotopic (exact) mass is 315 g/mol. The van der Waals surface area contributed by atoms with E-state index in [-0.39, 0.29) is 11.9 Å². The van der Waals surface area contributed by atoms with Crippen LogP contribution in [0.2, 0.25) is 0 Å². The summed E-state index contributed by atoms with van der Waals surface area (Å²) in [5.74, 6) is -0.653. The van der Waals surface area contributed by atoms with E-state index in [1.54, 1.807) is 23.5 Å². The molecule has 0 aliphatic carbocycles. The highest BCUT2D eigenvalue weighted by Gasteiger charge is 2.31. The van der Waals surface area contributed by atoms with Crippen LogP contribution >= 0.6 is 11.3 Å². The van der Waals surface area contributed by atoms with Crippen LogP contribution in [0.3, 0.4) is 0 Å². The molecule has 2 aromatic rings. The number of fused-ring (bicyclic) bond motifs is 1. The summed E-state index contributed by atoms with van der Waals surface area (Å²) in [7, 11) is 0. The van der Waals surface area contributed by atoms with E-state index in [1.165, 1.54) is 4.88 Å². The summed E-state index contributed by atoms with van der Waals surface area (Å²) in [6, 6.07) is 11.3. The maximum Gasteiger partial charge on any atom is 0.339 e. The van der Waals surface area contributed by atoms with Crippen LogP contribution in [0.15, 0.2) is 41.8 Å². The zero-order valence-electron chi connectivity index (χ0n) is 12.2. The van der Waals surface area contributed by atoms with E-state index in [2.05, 4.69) is 5.32 Å². The summed E-state index contributed by atoms with van der Waals surface area (Å²) in [5, 5.41) is 4.95. The van der Waals surface area contributed by atoms with Crippen molar-refractivity contribution in [2.45, 2.75) is 31.9 Å². The number of ether oxygens (including phenoxy) is 1. The third kappa shape index (κ3) is 3.20. The summed E-state index contributed by atoms with van der Waals surface area (Å²) in [6.45, 7) is 1.95. The normalized spacial score (nSPS) is 18.2. The van der Waals surface area contributed by atoms with E-state index in [9.17, 15) is 9.59 Å². The fourth-order valence-corrected chi connectivity index (χ4v) is 3.43. The Morgan fingerprint density at radius 3 is 2.95 bits per heavy atom. The summed E-state index contributed by atoms with van der Waals surface area (Å²) in [6.07, 6.45) is 0.466. The van der Waals surface area contributed by atoms with Gasteiger partial charge in [0.25, 0.3) is 5.91 Å². The molecular weight excluding hydrogens is 298 g/mol. The van der Waals surface area contributed by atoms with E-state index in [0.29, 0.717) is 12.0 Å². The highest BCUT2D eigenvalue weighted by Crippen LogP contribution is 2.20. The van der Waals surface area contributed by atoms with Crippen LogP contribution in [0, 0.1) is 0 Å². The minimum atomic E-state index is -0.742. The van der Waals surface area contributed by atoms with Crippen molar-refractivity contribution in [3.8, 4) is 0 Å². The van der Waals surface area contributed by atoms with Gasteiger partial charge < -0.3 is 10.1 Å². The Bertz CT molecular complexity index is 681. The van der Waals surface area contributed by atoms with E-state index in [0.717, 1.165) is 12.0 Å². The van der Waals surface area contributed by atoms with Crippen LogP contribution in [0.1, 0.15) is 27.7 Å². The lowest BCUT2D eigenvalue weighted by atomic mass is 9.98. The van der Waals surface area contributed by atoms with Gasteiger partial charge in [-0.25, -0.2) is 4.79 Å². The van der Waals surface area contributed by atoms with Gasteiger partial charge in [-0.05, 0) is 30.0 Å². The molecule has 3 rings (SSSR count). The average Bonchev–Trinajstić information content (AvgIpc) is 3.00. The van der Waals surface area contributed by atoms with Crippen molar-refractivity contribution >= 4 is 23.2 Å². The number of hydrogen-bond donors (Lipinski definition) is 1. The Morgan fingerprint density at radius 2 is 2.18 bits per heavy atom. The minimum absolute atomic E-state index is 0.00187. The quantitative estimate of drug-likeness (QED) is 0.882. The second-order valence-electron chi connectivity index (χ2n) is 5.45. The zero-order chi connectivity index (χ0) is 15.5. The first-order valence-corrected chi connectivity index (χ1v) is 8.13. The standard InChI is InChI=1S/C17H17NO3S/c1-11(9-13-6-4-8-22-13)18-16(19)15-10-12-5-2-3-7-14(12)17(20)21-15/h2-8,11,15H,9-10H2,1H3,(H,18,19). The lowest BCUT2D eigenvalue weighted by Gasteiger charge is -2.25. The van der Waals surface area contributed by atoms with Crippen LogP contribution in [0.4, 0.5) is 0 Å². The number of thiophene rings is 1. The minimum Gasteiger partial charge on any atom is -0.448 e. The van der Waals surface area contributed by atoms with Crippen molar-refractivity contribution in [1.82, 2.24) is 5.32 Å². The van der Waals surface area contributed by atoms with E-state index in [4.69, 9.17) is 4.74 Å². The molecule has 0 saturated heterocycles. The molecular formula is C17H17NO3S. The Labute approximate surface area is 133 Å². The van der Waals surface area contributed by atoms with Gasteiger partial charge in [0.2, 0.25) is 0 Å². The maximum atomic E-state index is 12.3. The molecule has 1 N–H and O–H groups in total. The predicted molar refractivity (Wildman–Crippen MR) is 85.0 cm³/mol. The van der Waals surface area contributed by atoms with Gasteiger partial charge in [-0.3, -0.25) is 4.79 Å². The molecule has 1 aliphatic rings. The molecule has 2 unspecified atom stereocenters. The Kier molecular flexibility index (Phi) is 4.24. The number of amides is 1. The first kappa shape index (κ1) is 14.8. The molecule has 114 valence electrons. The number of benzene rings is 1. The number of rotatable bonds is 4. The smallest absolute Gasteiger partial charge is 0.339 e. The second-order valence-corrected chi connectivity index (χ2v) is 6.48. The number of esters is 1. The molecule has 0 saturated carbocycles. The molecule has 0 fully saturated rings. The van der Waals surface area contributed by atoms with Gasteiger partial charge in [0, 0.05) is 23.8 Å². The Hall–Kier alpha value is -2.14. The van der Waals surface area contributed by atoms with Gasteiger partial charge in [0.15, 0.2) is 6.10 Å². The third-order valence-electron chi connectivity index (χ3n) is 3.66. The molecule has 1 aromatic heterocycles. The molecule has 2 heterocycles. The van der Waals surface area contributed by atoms with Crippen LogP contribution < -0.4 is 5.32 Å². The van der Waals surface area contributed by atoms with Gasteiger partial charge >= 0.3 is 5.97 Å². The number of cyclic esters (lactones) is 1. The molecule has 2 atom stereocenters. The summed E-state index contributed by atoms with van der Waals surface area (Å²) < 4.78 is 5.26. The van der Waals surface area contributed by atoms with Crippen LogP contribution in [0.25, 0.3) is 0 Å².